The maximum absolute atomic E-state index is 12.9. The molecule has 4 nitrogen and oxygen atoms in total. The molecule has 94 valence electrons. The second-order valence-electron chi connectivity index (χ2n) is 4.35. The van der Waals surface area contributed by atoms with Gasteiger partial charge in [0.25, 0.3) is 5.92 Å². The number of carboxylic acids is 1. The zero-order valence-corrected chi connectivity index (χ0v) is 10.0. The highest BCUT2D eigenvalue weighted by Crippen LogP contribution is 2.30. The lowest BCUT2D eigenvalue weighted by atomic mass is 10.1. The van der Waals surface area contributed by atoms with E-state index in [9.17, 15) is 17.8 Å². The molecule has 1 unspecified atom stereocenters. The van der Waals surface area contributed by atoms with Crippen molar-refractivity contribution >= 4 is 17.0 Å². The number of carbonyl (C=O) groups is 1. The Morgan fingerprint density at radius 3 is 2.19 bits per heavy atom. The summed E-state index contributed by atoms with van der Waals surface area (Å²) >= 11 is 0. The number of carboxylic acid groups (broad SMARTS) is 1. The molecule has 1 saturated heterocycles. The van der Waals surface area contributed by atoms with Gasteiger partial charge in [-0.1, -0.05) is 0 Å². The lowest BCUT2D eigenvalue weighted by molar-refractivity contribution is -0.139. The minimum absolute atomic E-state index is 0.0314. The number of hydrogen-bond donors (Lipinski definition) is 1. The van der Waals surface area contributed by atoms with Crippen molar-refractivity contribution in [1.29, 1.82) is 0 Å². The fourth-order valence-electron chi connectivity index (χ4n) is 1.38. The van der Waals surface area contributed by atoms with E-state index in [-0.39, 0.29) is 25.9 Å². The van der Waals surface area contributed by atoms with Gasteiger partial charge in [-0.15, -0.1) is 0 Å². The van der Waals surface area contributed by atoms with Crippen molar-refractivity contribution < 1.29 is 22.9 Å². The highest BCUT2D eigenvalue weighted by Gasteiger charge is 2.42. The average Bonchev–Trinajstić information content (AvgIpc) is 2.16. The first kappa shape index (κ1) is 13.5. The number of nitrogens with zero attached hydrogens (tertiary/aromatic N) is 1. The third-order valence-corrected chi connectivity index (χ3v) is 4.52. The van der Waals surface area contributed by atoms with Gasteiger partial charge in [-0.05, 0) is 13.8 Å². The quantitative estimate of drug-likeness (QED) is 0.825. The maximum Gasteiger partial charge on any atom is 0.323 e. The molecule has 1 aliphatic heterocycles. The standard InChI is InChI=1S/C9H15F2NO3S/c1-8(2,7(13)14)16(15)12-5-3-9(10,11)4-6-12/h3-6H2,1-2H3,(H,13,14). The van der Waals surface area contributed by atoms with Gasteiger partial charge in [0, 0.05) is 25.9 Å². The normalized spacial score (nSPS) is 24.0. The van der Waals surface area contributed by atoms with Gasteiger partial charge in [-0.2, -0.15) is 0 Å². The molecule has 0 radical (unpaired) electrons. The van der Waals surface area contributed by atoms with Crippen LogP contribution in [-0.4, -0.2) is 43.3 Å². The van der Waals surface area contributed by atoms with E-state index < -0.39 is 27.6 Å². The van der Waals surface area contributed by atoms with Crippen LogP contribution >= 0.6 is 0 Å². The number of alkyl halides is 2. The van der Waals surface area contributed by atoms with Crippen molar-refractivity contribution in [3.05, 3.63) is 0 Å². The summed E-state index contributed by atoms with van der Waals surface area (Å²) in [6.45, 7) is 2.60. The van der Waals surface area contributed by atoms with Gasteiger partial charge >= 0.3 is 5.97 Å². The van der Waals surface area contributed by atoms with Crippen LogP contribution in [0.5, 0.6) is 0 Å². The van der Waals surface area contributed by atoms with Crippen LogP contribution in [0.4, 0.5) is 8.78 Å². The topological polar surface area (TPSA) is 57.6 Å². The highest BCUT2D eigenvalue weighted by molar-refractivity contribution is 7.84. The first-order valence-corrected chi connectivity index (χ1v) is 6.06. The van der Waals surface area contributed by atoms with Crippen molar-refractivity contribution in [2.24, 2.45) is 0 Å². The summed E-state index contributed by atoms with van der Waals surface area (Å²) in [5, 5.41) is 8.88. The molecule has 1 rings (SSSR count). The van der Waals surface area contributed by atoms with Gasteiger partial charge in [0.15, 0.2) is 4.75 Å². The predicted molar refractivity (Wildman–Crippen MR) is 55.6 cm³/mol. The molecule has 1 aliphatic rings. The lowest BCUT2D eigenvalue weighted by Crippen LogP contribution is -2.49. The second kappa shape index (κ2) is 4.37. The van der Waals surface area contributed by atoms with Crippen LogP contribution in [0, 0.1) is 0 Å². The Balaban J connectivity index is 2.68. The number of aliphatic carboxylic acids is 1. The van der Waals surface area contributed by atoms with Crippen LogP contribution in [-0.2, 0) is 15.8 Å². The van der Waals surface area contributed by atoms with Gasteiger partial charge in [0.2, 0.25) is 0 Å². The van der Waals surface area contributed by atoms with E-state index in [1.54, 1.807) is 0 Å². The second-order valence-corrected chi connectivity index (χ2v) is 6.38. The van der Waals surface area contributed by atoms with Gasteiger partial charge in [0.05, 0.1) is 0 Å². The predicted octanol–water partition coefficient (Wildman–Crippen LogP) is 1.24. The van der Waals surface area contributed by atoms with Crippen LogP contribution in [0.25, 0.3) is 0 Å². The monoisotopic (exact) mass is 255 g/mol. The van der Waals surface area contributed by atoms with Crippen molar-refractivity contribution in [3.8, 4) is 0 Å². The smallest absolute Gasteiger partial charge is 0.323 e. The Bertz CT molecular complexity index is 310. The minimum Gasteiger partial charge on any atom is -0.480 e. The van der Waals surface area contributed by atoms with Crippen molar-refractivity contribution in [2.75, 3.05) is 13.1 Å². The Hall–Kier alpha value is -0.560. The molecule has 1 N–H and O–H groups in total. The zero-order valence-electron chi connectivity index (χ0n) is 9.20. The summed E-state index contributed by atoms with van der Waals surface area (Å²) in [5.74, 6) is -3.91. The minimum atomic E-state index is -2.71. The van der Waals surface area contributed by atoms with Crippen molar-refractivity contribution in [2.45, 2.75) is 37.4 Å². The molecule has 0 saturated carbocycles. The number of rotatable bonds is 3. The van der Waals surface area contributed by atoms with E-state index >= 15 is 0 Å². The number of hydrogen-bond acceptors (Lipinski definition) is 2. The van der Waals surface area contributed by atoms with Crippen LogP contribution in [0.2, 0.25) is 0 Å². The summed E-state index contributed by atoms with van der Waals surface area (Å²) in [5.41, 5.74) is 0. The molecule has 1 heterocycles. The SMILES string of the molecule is CC(C)(C(=O)O)S(=O)N1CCC(F)(F)CC1. The average molecular weight is 255 g/mol. The van der Waals surface area contributed by atoms with Crippen LogP contribution in [0.1, 0.15) is 26.7 Å². The van der Waals surface area contributed by atoms with Crippen molar-refractivity contribution in [1.82, 2.24) is 4.31 Å². The molecule has 0 spiro atoms. The van der Waals surface area contributed by atoms with Gasteiger partial charge in [-0.25, -0.2) is 17.3 Å². The first-order chi connectivity index (χ1) is 7.17. The third-order valence-electron chi connectivity index (χ3n) is 2.64. The van der Waals surface area contributed by atoms with E-state index in [0.29, 0.717) is 0 Å². The van der Waals surface area contributed by atoms with Gasteiger partial charge in [0.1, 0.15) is 11.0 Å². The molecule has 16 heavy (non-hydrogen) atoms. The summed E-state index contributed by atoms with van der Waals surface area (Å²) in [7, 11) is -1.78. The van der Waals surface area contributed by atoms with E-state index in [2.05, 4.69) is 0 Å². The Labute approximate surface area is 95.2 Å². The fourth-order valence-corrected chi connectivity index (χ4v) is 2.69. The van der Waals surface area contributed by atoms with Crippen molar-refractivity contribution in [3.63, 3.8) is 0 Å². The molecule has 7 heteroatoms. The molecule has 1 fully saturated rings. The van der Waals surface area contributed by atoms with Crippen LogP contribution in [0.15, 0.2) is 0 Å². The lowest BCUT2D eigenvalue weighted by Gasteiger charge is -2.34. The molecule has 0 bridgehead atoms. The molecule has 1 atom stereocenters. The van der Waals surface area contributed by atoms with Gasteiger partial charge in [-0.3, -0.25) is 4.79 Å². The van der Waals surface area contributed by atoms with Crippen LogP contribution < -0.4 is 0 Å². The molecule has 0 aromatic carbocycles. The molecule has 0 amide bonds. The van der Waals surface area contributed by atoms with E-state index in [1.807, 2.05) is 0 Å². The van der Waals surface area contributed by atoms with Gasteiger partial charge < -0.3 is 5.11 Å². The first-order valence-electron chi connectivity index (χ1n) is 4.95. The molecular formula is C9H15F2NO3S. The Morgan fingerprint density at radius 1 is 1.38 bits per heavy atom. The largest absolute Gasteiger partial charge is 0.480 e. The summed E-state index contributed by atoms with van der Waals surface area (Å²) < 4.78 is 37.5. The summed E-state index contributed by atoms with van der Waals surface area (Å²) in [6, 6.07) is 0. The Kier molecular flexibility index (Phi) is 3.69. The Morgan fingerprint density at radius 2 is 1.81 bits per heavy atom. The maximum atomic E-state index is 12.9. The van der Waals surface area contributed by atoms with E-state index in [0.717, 1.165) is 0 Å². The highest BCUT2D eigenvalue weighted by atomic mass is 32.2. The summed E-state index contributed by atoms with van der Waals surface area (Å²) in [4.78, 5) is 10.9. The van der Waals surface area contributed by atoms with E-state index in [1.165, 1.54) is 18.2 Å². The molecule has 0 aliphatic carbocycles. The van der Waals surface area contributed by atoms with E-state index in [4.69, 9.17) is 5.11 Å². The number of halogens is 2. The molecule has 0 aromatic rings. The van der Waals surface area contributed by atoms with Crippen LogP contribution in [0.3, 0.4) is 0 Å². The fraction of sp³-hybridized carbons (Fsp3) is 0.889. The number of piperidine rings is 1. The third kappa shape index (κ3) is 2.76. The summed E-state index contributed by atoms with van der Waals surface area (Å²) in [6.07, 6.45) is -0.733. The zero-order chi connectivity index (χ0) is 12.6. The molecule has 0 aromatic heterocycles. The molecular weight excluding hydrogens is 240 g/mol.